The number of anilines is 1. The number of carboxylic acid groups (broad SMARTS) is 1. The quantitative estimate of drug-likeness (QED) is 0.844. The number of hydrogen-bond acceptors (Lipinski definition) is 5. The highest BCUT2D eigenvalue weighted by Crippen LogP contribution is 2.24. The van der Waals surface area contributed by atoms with Crippen LogP contribution in [0.15, 0.2) is 12.5 Å². The van der Waals surface area contributed by atoms with Crippen LogP contribution in [0.5, 0.6) is 0 Å². The molecule has 0 aliphatic rings. The second-order valence-corrected chi connectivity index (χ2v) is 4.80. The Morgan fingerprint density at radius 2 is 2.26 bits per heavy atom. The van der Waals surface area contributed by atoms with Gasteiger partial charge in [-0.25, -0.2) is 9.97 Å². The lowest BCUT2D eigenvalue weighted by Gasteiger charge is -2.23. The van der Waals surface area contributed by atoms with E-state index in [1.165, 1.54) is 6.33 Å². The highest BCUT2D eigenvalue weighted by atomic mass is 16.4. The molecule has 2 aromatic rings. The van der Waals surface area contributed by atoms with E-state index in [0.717, 1.165) is 5.39 Å². The fraction of sp³-hybridized carbons (Fsp3) is 0.500. The molecule has 1 atom stereocenters. The Kier molecular flexibility index (Phi) is 3.37. The third-order valence-electron chi connectivity index (χ3n) is 3.47. The van der Waals surface area contributed by atoms with Crippen LogP contribution in [0.4, 0.5) is 5.82 Å². The summed E-state index contributed by atoms with van der Waals surface area (Å²) in [5.41, 5.74) is -0.106. The van der Waals surface area contributed by atoms with E-state index >= 15 is 0 Å². The van der Waals surface area contributed by atoms with Crippen LogP contribution < -0.4 is 5.32 Å². The first-order valence-corrected chi connectivity index (χ1v) is 6.08. The molecule has 0 spiro atoms. The van der Waals surface area contributed by atoms with Crippen molar-refractivity contribution < 1.29 is 9.90 Å². The Morgan fingerprint density at radius 1 is 1.53 bits per heavy atom. The summed E-state index contributed by atoms with van der Waals surface area (Å²) in [6.45, 7) is 3.87. The maximum absolute atomic E-state index is 11.3. The molecule has 0 fully saturated rings. The standard InChI is InChI=1S/C12H17N5O2/c1-4-12(2,11(18)19)6-13-9-8-5-16-17(3)10(8)15-7-14-9/h5,7H,4,6H2,1-3H3,(H,18,19)(H,13,14,15). The lowest BCUT2D eigenvalue weighted by Crippen LogP contribution is -2.34. The van der Waals surface area contributed by atoms with Crippen molar-refractivity contribution in [3.8, 4) is 0 Å². The van der Waals surface area contributed by atoms with Gasteiger partial charge < -0.3 is 10.4 Å². The summed E-state index contributed by atoms with van der Waals surface area (Å²) in [5, 5.41) is 17.2. The number of rotatable bonds is 5. The van der Waals surface area contributed by atoms with E-state index in [2.05, 4.69) is 20.4 Å². The monoisotopic (exact) mass is 263 g/mol. The fourth-order valence-electron chi connectivity index (χ4n) is 1.73. The molecular formula is C12H17N5O2. The maximum atomic E-state index is 11.3. The van der Waals surface area contributed by atoms with Crippen LogP contribution in [0.25, 0.3) is 11.0 Å². The van der Waals surface area contributed by atoms with Gasteiger partial charge in [-0.3, -0.25) is 9.48 Å². The first kappa shape index (κ1) is 13.3. The van der Waals surface area contributed by atoms with Crippen molar-refractivity contribution >= 4 is 22.8 Å². The van der Waals surface area contributed by atoms with E-state index in [4.69, 9.17) is 0 Å². The molecule has 7 heteroatoms. The second kappa shape index (κ2) is 4.83. The number of aromatic nitrogens is 4. The van der Waals surface area contributed by atoms with Gasteiger partial charge in [0.15, 0.2) is 5.65 Å². The van der Waals surface area contributed by atoms with Gasteiger partial charge in [0.1, 0.15) is 12.1 Å². The van der Waals surface area contributed by atoms with E-state index < -0.39 is 11.4 Å². The Morgan fingerprint density at radius 3 is 2.89 bits per heavy atom. The summed E-state index contributed by atoms with van der Waals surface area (Å²) in [4.78, 5) is 19.5. The molecule has 0 bridgehead atoms. The molecule has 19 heavy (non-hydrogen) atoms. The Balaban J connectivity index is 2.25. The molecule has 2 rings (SSSR count). The van der Waals surface area contributed by atoms with Gasteiger partial charge in [0, 0.05) is 13.6 Å². The van der Waals surface area contributed by atoms with Crippen LogP contribution >= 0.6 is 0 Å². The molecule has 102 valence electrons. The van der Waals surface area contributed by atoms with Crippen molar-refractivity contribution in [3.63, 3.8) is 0 Å². The van der Waals surface area contributed by atoms with Gasteiger partial charge in [-0.2, -0.15) is 5.10 Å². The summed E-state index contributed by atoms with van der Waals surface area (Å²) in [6, 6.07) is 0. The molecular weight excluding hydrogens is 246 g/mol. The molecule has 0 aliphatic heterocycles. The molecule has 0 amide bonds. The van der Waals surface area contributed by atoms with Crippen molar-refractivity contribution in [1.29, 1.82) is 0 Å². The third kappa shape index (κ3) is 2.35. The minimum atomic E-state index is -0.820. The number of aryl methyl sites for hydroxylation is 1. The second-order valence-electron chi connectivity index (χ2n) is 4.80. The van der Waals surface area contributed by atoms with Crippen molar-refractivity contribution in [2.75, 3.05) is 11.9 Å². The van der Waals surface area contributed by atoms with E-state index in [1.807, 2.05) is 6.92 Å². The molecule has 0 aromatic carbocycles. The number of hydrogen-bond donors (Lipinski definition) is 2. The number of nitrogens with zero attached hydrogens (tertiary/aromatic N) is 4. The van der Waals surface area contributed by atoms with E-state index in [9.17, 15) is 9.90 Å². The van der Waals surface area contributed by atoms with Crippen LogP contribution in [0.2, 0.25) is 0 Å². The topological polar surface area (TPSA) is 92.9 Å². The summed E-state index contributed by atoms with van der Waals surface area (Å²) < 4.78 is 1.65. The van der Waals surface area contributed by atoms with E-state index in [1.54, 1.807) is 24.9 Å². The van der Waals surface area contributed by atoms with Crippen LogP contribution in [0.3, 0.4) is 0 Å². The smallest absolute Gasteiger partial charge is 0.311 e. The van der Waals surface area contributed by atoms with Gasteiger partial charge in [0.2, 0.25) is 0 Å². The van der Waals surface area contributed by atoms with Gasteiger partial charge in [0.05, 0.1) is 17.0 Å². The molecule has 0 saturated heterocycles. The highest BCUT2D eigenvalue weighted by molar-refractivity contribution is 5.86. The summed E-state index contributed by atoms with van der Waals surface area (Å²) in [7, 11) is 1.80. The third-order valence-corrected chi connectivity index (χ3v) is 3.47. The predicted octanol–water partition coefficient (Wildman–Crippen LogP) is 1.28. The minimum absolute atomic E-state index is 0.305. The van der Waals surface area contributed by atoms with Gasteiger partial charge in [-0.15, -0.1) is 0 Å². The number of carbonyl (C=O) groups is 1. The number of aliphatic carboxylic acids is 1. The minimum Gasteiger partial charge on any atom is -0.481 e. The zero-order valence-electron chi connectivity index (χ0n) is 11.2. The summed E-state index contributed by atoms with van der Waals surface area (Å²) in [5.74, 6) is -0.210. The SMILES string of the molecule is CCC(C)(CNc1ncnc2c1cnn2C)C(=O)O. The number of nitrogens with one attached hydrogen (secondary N) is 1. The Bertz CT molecular complexity index is 609. The van der Waals surface area contributed by atoms with Crippen LogP contribution in [0.1, 0.15) is 20.3 Å². The normalized spacial score (nSPS) is 14.3. The van der Waals surface area contributed by atoms with E-state index in [-0.39, 0.29) is 0 Å². The first-order chi connectivity index (χ1) is 8.98. The highest BCUT2D eigenvalue weighted by Gasteiger charge is 2.31. The predicted molar refractivity (Wildman–Crippen MR) is 70.8 cm³/mol. The van der Waals surface area contributed by atoms with Crippen molar-refractivity contribution in [1.82, 2.24) is 19.7 Å². The number of fused-ring (bicyclic) bond motifs is 1. The molecule has 2 N–H and O–H groups in total. The van der Waals surface area contributed by atoms with Gasteiger partial charge in [0.25, 0.3) is 0 Å². The number of carboxylic acids is 1. The average molecular weight is 263 g/mol. The van der Waals surface area contributed by atoms with Crippen LogP contribution in [0, 0.1) is 5.41 Å². The van der Waals surface area contributed by atoms with Gasteiger partial charge in [-0.05, 0) is 13.3 Å². The summed E-state index contributed by atoms with van der Waals surface area (Å²) in [6.07, 6.45) is 3.65. The average Bonchev–Trinajstić information content (AvgIpc) is 2.78. The maximum Gasteiger partial charge on any atom is 0.311 e. The molecule has 0 radical (unpaired) electrons. The lowest BCUT2D eigenvalue weighted by atomic mass is 9.88. The summed E-state index contributed by atoms with van der Waals surface area (Å²) >= 11 is 0. The van der Waals surface area contributed by atoms with Crippen LogP contribution in [-0.2, 0) is 11.8 Å². The molecule has 1 unspecified atom stereocenters. The largest absolute Gasteiger partial charge is 0.481 e. The van der Waals surface area contributed by atoms with E-state index in [0.29, 0.717) is 24.4 Å². The van der Waals surface area contributed by atoms with Gasteiger partial charge in [-0.1, -0.05) is 6.92 Å². The zero-order chi connectivity index (χ0) is 14.0. The fourth-order valence-corrected chi connectivity index (χ4v) is 1.73. The van der Waals surface area contributed by atoms with Crippen molar-refractivity contribution in [3.05, 3.63) is 12.5 Å². The molecule has 0 saturated carbocycles. The van der Waals surface area contributed by atoms with Crippen molar-refractivity contribution in [2.45, 2.75) is 20.3 Å². The Hall–Kier alpha value is -2.18. The van der Waals surface area contributed by atoms with Crippen molar-refractivity contribution in [2.24, 2.45) is 12.5 Å². The molecule has 2 heterocycles. The first-order valence-electron chi connectivity index (χ1n) is 6.08. The Labute approximate surface area is 110 Å². The lowest BCUT2D eigenvalue weighted by molar-refractivity contribution is -0.147. The zero-order valence-corrected chi connectivity index (χ0v) is 11.2. The van der Waals surface area contributed by atoms with Crippen LogP contribution in [-0.4, -0.2) is 37.4 Å². The molecule has 2 aromatic heterocycles. The molecule has 0 aliphatic carbocycles. The molecule has 7 nitrogen and oxygen atoms in total. The van der Waals surface area contributed by atoms with Gasteiger partial charge >= 0.3 is 5.97 Å².